The van der Waals surface area contributed by atoms with Crippen LogP contribution in [-0.2, 0) is 9.53 Å². The Kier molecular flexibility index (Phi) is 5.81. The summed E-state index contributed by atoms with van der Waals surface area (Å²) >= 11 is 0. The molecule has 0 aromatic carbocycles. The number of nitrogens with two attached hydrogens (primary N) is 1. The zero-order chi connectivity index (χ0) is 12.0. The van der Waals surface area contributed by atoms with Gasteiger partial charge in [-0.1, -0.05) is 33.1 Å². The van der Waals surface area contributed by atoms with Crippen LogP contribution in [0.25, 0.3) is 0 Å². The monoisotopic (exact) mass is 227 g/mol. The first-order valence-electron chi connectivity index (χ1n) is 6.59. The summed E-state index contributed by atoms with van der Waals surface area (Å²) in [6, 6.07) is -0.419. The van der Waals surface area contributed by atoms with Crippen molar-refractivity contribution in [2.45, 2.75) is 70.9 Å². The minimum Gasteiger partial charge on any atom is -0.461 e. The molecule has 3 heteroatoms. The quantitative estimate of drug-likeness (QED) is 0.735. The van der Waals surface area contributed by atoms with Gasteiger partial charge in [0.05, 0.1) is 0 Å². The van der Waals surface area contributed by atoms with Crippen LogP contribution >= 0.6 is 0 Å². The zero-order valence-electron chi connectivity index (χ0n) is 10.6. The van der Waals surface area contributed by atoms with E-state index in [1.54, 1.807) is 0 Å². The molecule has 0 aromatic rings. The Morgan fingerprint density at radius 2 is 2.25 bits per heavy atom. The lowest BCUT2D eigenvalue weighted by Crippen LogP contribution is -2.36. The van der Waals surface area contributed by atoms with Crippen LogP contribution in [0.1, 0.15) is 58.8 Å². The van der Waals surface area contributed by atoms with E-state index in [1.807, 2.05) is 0 Å². The fourth-order valence-electron chi connectivity index (χ4n) is 2.28. The number of hydrogen-bond acceptors (Lipinski definition) is 3. The van der Waals surface area contributed by atoms with E-state index in [1.165, 1.54) is 12.8 Å². The van der Waals surface area contributed by atoms with Gasteiger partial charge in [-0.3, -0.25) is 4.79 Å². The molecule has 3 unspecified atom stereocenters. The summed E-state index contributed by atoms with van der Waals surface area (Å²) in [6.07, 6.45) is 7.38. The summed E-state index contributed by atoms with van der Waals surface area (Å²) in [4.78, 5) is 11.7. The van der Waals surface area contributed by atoms with E-state index in [2.05, 4.69) is 13.8 Å². The van der Waals surface area contributed by atoms with E-state index in [4.69, 9.17) is 10.5 Å². The van der Waals surface area contributed by atoms with Gasteiger partial charge in [-0.15, -0.1) is 0 Å². The van der Waals surface area contributed by atoms with Gasteiger partial charge in [-0.05, 0) is 31.6 Å². The molecule has 94 valence electrons. The molecule has 1 aliphatic carbocycles. The van der Waals surface area contributed by atoms with Crippen LogP contribution in [0.15, 0.2) is 0 Å². The lowest BCUT2D eigenvalue weighted by Gasteiger charge is -2.27. The van der Waals surface area contributed by atoms with Gasteiger partial charge in [0.1, 0.15) is 12.1 Å². The third-order valence-electron chi connectivity index (χ3n) is 3.34. The Morgan fingerprint density at radius 1 is 1.50 bits per heavy atom. The number of carbonyl (C=O) groups is 1. The van der Waals surface area contributed by atoms with Crippen LogP contribution in [0.4, 0.5) is 0 Å². The molecule has 1 fully saturated rings. The average Bonchev–Trinajstić information content (AvgIpc) is 2.25. The SMILES string of the molecule is CCCCC(N)C(=O)OC1CCCC(C)C1. The van der Waals surface area contributed by atoms with Gasteiger partial charge in [0.2, 0.25) is 0 Å². The van der Waals surface area contributed by atoms with Crippen molar-refractivity contribution in [1.29, 1.82) is 0 Å². The predicted molar refractivity (Wildman–Crippen MR) is 65.0 cm³/mol. The highest BCUT2D eigenvalue weighted by molar-refractivity contribution is 5.75. The first kappa shape index (κ1) is 13.5. The molecule has 0 saturated heterocycles. The van der Waals surface area contributed by atoms with Gasteiger partial charge >= 0.3 is 5.97 Å². The Balaban J connectivity index is 2.26. The third kappa shape index (κ3) is 4.52. The molecule has 0 spiro atoms. The summed E-state index contributed by atoms with van der Waals surface area (Å²) in [6.45, 7) is 4.32. The summed E-state index contributed by atoms with van der Waals surface area (Å²) in [7, 11) is 0. The standard InChI is InChI=1S/C13H25NO2/c1-3-4-8-12(14)13(15)16-11-7-5-6-10(2)9-11/h10-12H,3-9,14H2,1-2H3. The van der Waals surface area contributed by atoms with Crippen molar-refractivity contribution in [3.63, 3.8) is 0 Å². The lowest BCUT2D eigenvalue weighted by atomic mass is 9.89. The molecule has 0 aromatic heterocycles. The molecule has 1 rings (SSSR count). The summed E-state index contributed by atoms with van der Waals surface area (Å²) in [5, 5.41) is 0. The number of carbonyl (C=O) groups excluding carboxylic acids is 1. The van der Waals surface area contributed by atoms with Crippen LogP contribution < -0.4 is 5.73 Å². The van der Waals surface area contributed by atoms with Crippen LogP contribution in [-0.4, -0.2) is 18.1 Å². The molecule has 0 aliphatic heterocycles. The highest BCUT2D eigenvalue weighted by atomic mass is 16.5. The minimum atomic E-state index is -0.419. The van der Waals surface area contributed by atoms with Gasteiger partial charge < -0.3 is 10.5 Å². The van der Waals surface area contributed by atoms with Crippen LogP contribution in [0.2, 0.25) is 0 Å². The highest BCUT2D eigenvalue weighted by Gasteiger charge is 2.24. The number of hydrogen-bond donors (Lipinski definition) is 1. The molecule has 16 heavy (non-hydrogen) atoms. The zero-order valence-corrected chi connectivity index (χ0v) is 10.6. The second-order valence-electron chi connectivity index (χ2n) is 5.08. The normalized spacial score (nSPS) is 27.4. The second kappa shape index (κ2) is 6.89. The molecule has 3 nitrogen and oxygen atoms in total. The van der Waals surface area contributed by atoms with Crippen LogP contribution in [0.5, 0.6) is 0 Å². The van der Waals surface area contributed by atoms with E-state index in [9.17, 15) is 4.79 Å². The maximum atomic E-state index is 11.7. The highest BCUT2D eigenvalue weighted by Crippen LogP contribution is 2.26. The fraction of sp³-hybridized carbons (Fsp3) is 0.923. The molecule has 0 amide bonds. The Bertz CT molecular complexity index is 218. The van der Waals surface area contributed by atoms with E-state index in [-0.39, 0.29) is 12.1 Å². The van der Waals surface area contributed by atoms with Crippen molar-refractivity contribution in [3.8, 4) is 0 Å². The van der Waals surface area contributed by atoms with Crippen molar-refractivity contribution >= 4 is 5.97 Å². The Labute approximate surface area is 98.7 Å². The van der Waals surface area contributed by atoms with Crippen molar-refractivity contribution in [1.82, 2.24) is 0 Å². The van der Waals surface area contributed by atoms with Gasteiger partial charge in [0.15, 0.2) is 0 Å². The number of rotatable bonds is 5. The van der Waals surface area contributed by atoms with E-state index in [0.29, 0.717) is 5.92 Å². The van der Waals surface area contributed by atoms with Gasteiger partial charge in [-0.25, -0.2) is 0 Å². The van der Waals surface area contributed by atoms with Crippen LogP contribution in [0, 0.1) is 5.92 Å². The maximum absolute atomic E-state index is 11.7. The molecular weight excluding hydrogens is 202 g/mol. The average molecular weight is 227 g/mol. The summed E-state index contributed by atoms with van der Waals surface area (Å²) in [5.41, 5.74) is 5.78. The number of unbranched alkanes of at least 4 members (excludes halogenated alkanes) is 1. The largest absolute Gasteiger partial charge is 0.461 e. The Morgan fingerprint density at radius 3 is 2.88 bits per heavy atom. The molecule has 0 bridgehead atoms. The van der Waals surface area contributed by atoms with Gasteiger partial charge in [-0.2, -0.15) is 0 Å². The summed E-state index contributed by atoms with van der Waals surface area (Å²) < 4.78 is 5.46. The smallest absolute Gasteiger partial charge is 0.323 e. The second-order valence-corrected chi connectivity index (χ2v) is 5.08. The van der Waals surface area contributed by atoms with Gasteiger partial charge in [0, 0.05) is 0 Å². The Hall–Kier alpha value is -0.570. The molecule has 1 aliphatic rings. The predicted octanol–water partition coefficient (Wildman–Crippen LogP) is 2.63. The summed E-state index contributed by atoms with van der Waals surface area (Å²) in [5.74, 6) is 0.478. The van der Waals surface area contributed by atoms with Crippen molar-refractivity contribution < 1.29 is 9.53 Å². The van der Waals surface area contributed by atoms with E-state index < -0.39 is 6.04 Å². The van der Waals surface area contributed by atoms with Crippen molar-refractivity contribution in [2.75, 3.05) is 0 Å². The van der Waals surface area contributed by atoms with E-state index >= 15 is 0 Å². The molecule has 0 radical (unpaired) electrons. The van der Waals surface area contributed by atoms with Crippen molar-refractivity contribution in [2.24, 2.45) is 11.7 Å². The van der Waals surface area contributed by atoms with Gasteiger partial charge in [0.25, 0.3) is 0 Å². The first-order chi connectivity index (χ1) is 7.63. The molecule has 3 atom stereocenters. The molecule has 0 heterocycles. The van der Waals surface area contributed by atoms with E-state index in [0.717, 1.165) is 32.1 Å². The lowest BCUT2D eigenvalue weighted by molar-refractivity contribution is -0.153. The molecular formula is C13H25NO2. The molecule has 2 N–H and O–H groups in total. The third-order valence-corrected chi connectivity index (χ3v) is 3.34. The van der Waals surface area contributed by atoms with Crippen molar-refractivity contribution in [3.05, 3.63) is 0 Å². The van der Waals surface area contributed by atoms with Crippen LogP contribution in [0.3, 0.4) is 0 Å². The maximum Gasteiger partial charge on any atom is 0.323 e. The first-order valence-corrected chi connectivity index (χ1v) is 6.59. The molecule has 1 saturated carbocycles. The topological polar surface area (TPSA) is 52.3 Å². The fourth-order valence-corrected chi connectivity index (χ4v) is 2.28. The number of esters is 1. The number of ether oxygens (including phenoxy) is 1. The minimum absolute atomic E-state index is 0.115.